The van der Waals surface area contributed by atoms with Gasteiger partial charge < -0.3 is 4.89 Å². The topological polar surface area (TPSA) is 84.6 Å². The molecule has 66 valence electrons. The molecule has 0 aromatic carbocycles. The van der Waals surface area contributed by atoms with Crippen LogP contribution in [0.5, 0.6) is 0 Å². The summed E-state index contributed by atoms with van der Waals surface area (Å²) in [6.45, 7) is -3.74. The van der Waals surface area contributed by atoms with E-state index in [9.17, 15) is 9.18 Å². The molecule has 0 aliphatic heterocycles. The number of rotatable bonds is 5. The molecule has 1 unspecified atom stereocenters. The molecule has 0 aliphatic rings. The van der Waals surface area contributed by atoms with E-state index in [2.05, 4.69) is 20.5 Å². The molecule has 0 bridgehead atoms. The van der Waals surface area contributed by atoms with E-state index in [1.807, 2.05) is 0 Å². The van der Waals surface area contributed by atoms with Crippen molar-refractivity contribution >= 4 is 36.7 Å². The van der Waals surface area contributed by atoms with E-state index in [0.717, 1.165) is 0 Å². The van der Waals surface area contributed by atoms with Crippen LogP contribution >= 0.6 is 18.9 Å². The molecule has 0 radical (unpaired) electrons. The van der Waals surface area contributed by atoms with E-state index < -0.39 is 19.2 Å². The minimum atomic E-state index is -3.23. The number of halogens is 1. The molecule has 11 heavy (non-hydrogen) atoms. The Bertz CT molecular complexity index is 184. The van der Waals surface area contributed by atoms with Gasteiger partial charge in [-0.25, -0.2) is 8.69 Å². The Morgan fingerprint density at radius 3 is 2.91 bits per heavy atom. The lowest BCUT2D eigenvalue weighted by Gasteiger charge is -2.06. The Balaban J connectivity index is 3.29. The van der Waals surface area contributed by atoms with Crippen LogP contribution in [-0.4, -0.2) is 17.5 Å². The highest BCUT2D eigenvalue weighted by molar-refractivity contribution is 8.12. The van der Waals surface area contributed by atoms with E-state index in [4.69, 9.17) is 10.4 Å². The van der Waals surface area contributed by atoms with Crippen LogP contribution in [0, 0.1) is 0 Å². The van der Waals surface area contributed by atoms with Gasteiger partial charge in [-0.15, -0.1) is 0 Å². The zero-order chi connectivity index (χ0) is 8.91. The fourth-order valence-electron chi connectivity index (χ4n) is 0.166. The average molecular weight is 220 g/mol. The molecule has 0 amide bonds. The molecule has 4 N–H and O–H groups in total. The molecule has 0 heterocycles. The number of carbonyl (C=O) groups is 1. The SMILES string of the molecule is NP(O)(=S)OSNCC(=O)F. The largest absolute Gasteiger partial charge is 0.333 e. The maximum absolute atomic E-state index is 11.4. The number of carbonyl (C=O) groups excluding carboxylic acids is 1. The van der Waals surface area contributed by atoms with Crippen LogP contribution in [0.2, 0.25) is 0 Å². The monoisotopic (exact) mass is 220 g/mol. The predicted octanol–water partition coefficient (Wildman–Crippen LogP) is -0.173. The van der Waals surface area contributed by atoms with Gasteiger partial charge in [-0.1, -0.05) is 0 Å². The number of nitrogens with one attached hydrogen (secondary N) is 1. The van der Waals surface area contributed by atoms with Gasteiger partial charge in [0.2, 0.25) is 0 Å². The van der Waals surface area contributed by atoms with Crippen molar-refractivity contribution in [2.45, 2.75) is 0 Å². The molecule has 0 saturated carbocycles. The lowest BCUT2D eigenvalue weighted by Crippen LogP contribution is -2.13. The highest BCUT2D eigenvalue weighted by Crippen LogP contribution is 2.35. The molecule has 5 nitrogen and oxygen atoms in total. The fourth-order valence-corrected chi connectivity index (χ4v) is 1.25. The minimum absolute atomic E-state index is 0.448. The van der Waals surface area contributed by atoms with Crippen molar-refractivity contribution in [2.75, 3.05) is 6.54 Å². The van der Waals surface area contributed by atoms with Gasteiger partial charge in [0.25, 0.3) is 6.64 Å². The van der Waals surface area contributed by atoms with Crippen molar-refractivity contribution in [1.82, 2.24) is 4.72 Å². The summed E-state index contributed by atoms with van der Waals surface area (Å²) in [6.07, 6.45) is 0. The van der Waals surface area contributed by atoms with Gasteiger partial charge in [0.15, 0.2) is 0 Å². The summed E-state index contributed by atoms with van der Waals surface area (Å²) in [7, 11) is 0. The van der Waals surface area contributed by atoms with Gasteiger partial charge in [0, 0.05) is 0 Å². The Hall–Kier alpha value is 0.440. The second-order valence-corrected chi connectivity index (χ2v) is 5.15. The third-order valence-corrected chi connectivity index (χ3v) is 2.38. The maximum Gasteiger partial charge on any atom is 0.316 e. The van der Waals surface area contributed by atoms with Crippen molar-refractivity contribution in [3.05, 3.63) is 0 Å². The number of hydrogen-bond acceptors (Lipinski definition) is 5. The molecule has 9 heteroatoms. The molecule has 0 aliphatic carbocycles. The van der Waals surface area contributed by atoms with Crippen LogP contribution in [0.1, 0.15) is 0 Å². The summed E-state index contributed by atoms with van der Waals surface area (Å²) in [5.41, 5.74) is 4.87. The first-order chi connectivity index (χ1) is 4.92. The lowest BCUT2D eigenvalue weighted by atomic mass is 10.7. The van der Waals surface area contributed by atoms with Crippen molar-refractivity contribution in [3.8, 4) is 0 Å². The first kappa shape index (κ1) is 11.4. The summed E-state index contributed by atoms with van der Waals surface area (Å²) in [5.74, 6) is 0. The number of nitrogens with two attached hydrogens (primary N) is 1. The molecule has 0 saturated heterocycles. The van der Waals surface area contributed by atoms with Gasteiger partial charge in [0.05, 0.1) is 18.8 Å². The van der Waals surface area contributed by atoms with Crippen molar-refractivity contribution in [2.24, 2.45) is 5.50 Å². The van der Waals surface area contributed by atoms with Gasteiger partial charge in [-0.2, -0.15) is 4.39 Å². The summed E-state index contributed by atoms with van der Waals surface area (Å²) in [5, 5.41) is 0. The Morgan fingerprint density at radius 1 is 2.00 bits per heavy atom. The predicted molar refractivity (Wildman–Crippen MR) is 43.5 cm³/mol. The Morgan fingerprint density at radius 2 is 2.55 bits per heavy atom. The maximum atomic E-state index is 11.4. The third kappa shape index (κ3) is 10.4. The summed E-state index contributed by atoms with van der Waals surface area (Å²) in [6, 6.07) is -1.54. The zero-order valence-corrected chi connectivity index (χ0v) is 7.72. The third-order valence-electron chi connectivity index (χ3n) is 0.414. The highest BCUT2D eigenvalue weighted by Gasteiger charge is 2.06. The van der Waals surface area contributed by atoms with E-state index in [1.54, 1.807) is 0 Å². The van der Waals surface area contributed by atoms with Crippen LogP contribution in [0.25, 0.3) is 0 Å². The molecule has 1 atom stereocenters. The lowest BCUT2D eigenvalue weighted by molar-refractivity contribution is -0.127. The molecular formula is C2H6FN2O3PS2. The Kier molecular flexibility index (Phi) is 5.36. The molecule has 0 rings (SSSR count). The quantitative estimate of drug-likeness (QED) is 0.195. The van der Waals surface area contributed by atoms with E-state index in [1.165, 1.54) is 0 Å². The molecule has 0 aromatic rings. The first-order valence-corrected chi connectivity index (χ1v) is 5.78. The van der Waals surface area contributed by atoms with Crippen LogP contribution in [-0.2, 0) is 20.6 Å². The van der Waals surface area contributed by atoms with Gasteiger partial charge >= 0.3 is 6.04 Å². The highest BCUT2D eigenvalue weighted by atomic mass is 32.5. The van der Waals surface area contributed by atoms with Crippen molar-refractivity contribution < 1.29 is 18.0 Å². The zero-order valence-electron chi connectivity index (χ0n) is 5.19. The van der Waals surface area contributed by atoms with E-state index in [0.29, 0.717) is 12.2 Å². The molecular weight excluding hydrogens is 214 g/mol. The molecule has 0 fully saturated rings. The second-order valence-electron chi connectivity index (χ2n) is 1.40. The van der Waals surface area contributed by atoms with E-state index in [-0.39, 0.29) is 0 Å². The second kappa shape index (κ2) is 5.15. The average Bonchev–Trinajstić information content (AvgIpc) is 1.78. The van der Waals surface area contributed by atoms with Crippen LogP contribution < -0.4 is 10.2 Å². The van der Waals surface area contributed by atoms with Crippen LogP contribution in [0.3, 0.4) is 0 Å². The van der Waals surface area contributed by atoms with Crippen molar-refractivity contribution in [1.29, 1.82) is 0 Å². The number of hydrogen-bond donors (Lipinski definition) is 3. The summed E-state index contributed by atoms with van der Waals surface area (Å²) < 4.78 is 17.9. The van der Waals surface area contributed by atoms with E-state index >= 15 is 0 Å². The Labute approximate surface area is 72.0 Å². The minimum Gasteiger partial charge on any atom is -0.333 e. The molecule has 0 aromatic heterocycles. The van der Waals surface area contributed by atoms with Crippen LogP contribution in [0.4, 0.5) is 4.39 Å². The van der Waals surface area contributed by atoms with Gasteiger partial charge in [0.1, 0.15) is 0 Å². The van der Waals surface area contributed by atoms with Gasteiger partial charge in [-0.3, -0.25) is 10.3 Å². The standard InChI is InChI=1S/C2H6FN2O3PS2/c3-2(6)1-5-11-8-9(4,7)10/h5H,1H2,(H3,4,7,10). The van der Waals surface area contributed by atoms with Crippen LogP contribution in [0.15, 0.2) is 0 Å². The van der Waals surface area contributed by atoms with Gasteiger partial charge in [-0.05, 0) is 11.8 Å². The molecule has 0 spiro atoms. The summed E-state index contributed by atoms with van der Waals surface area (Å²) >= 11 is 4.69. The first-order valence-electron chi connectivity index (χ1n) is 2.29. The smallest absolute Gasteiger partial charge is 0.316 e. The summed E-state index contributed by atoms with van der Waals surface area (Å²) in [4.78, 5) is 18.3. The fraction of sp³-hybridized carbons (Fsp3) is 0.500. The van der Waals surface area contributed by atoms with Crippen molar-refractivity contribution in [3.63, 3.8) is 0 Å². The normalized spacial score (nSPS) is 15.9.